The van der Waals surface area contributed by atoms with Crippen molar-refractivity contribution in [3.63, 3.8) is 0 Å². The monoisotopic (exact) mass is 382 g/mol. The number of pyridine rings is 2. The molecule has 3 rings (SSSR count). The summed E-state index contributed by atoms with van der Waals surface area (Å²) in [6.07, 6.45) is 10.1. The SMILES string of the molecule is CC.CCCC1C=C(C)C(c2cc3cnc(NC(=O)COC)cc3cn2)=CN1. The minimum Gasteiger partial charge on any atom is -0.384 e. The topological polar surface area (TPSA) is 76.1 Å². The van der Waals surface area contributed by atoms with Crippen molar-refractivity contribution in [1.29, 1.82) is 0 Å². The lowest BCUT2D eigenvalue weighted by atomic mass is 9.97. The van der Waals surface area contributed by atoms with Gasteiger partial charge in [0.25, 0.3) is 5.91 Å². The van der Waals surface area contributed by atoms with E-state index >= 15 is 0 Å². The molecule has 28 heavy (non-hydrogen) atoms. The highest BCUT2D eigenvalue weighted by Crippen LogP contribution is 2.27. The zero-order chi connectivity index (χ0) is 20.5. The van der Waals surface area contributed by atoms with E-state index in [0.717, 1.165) is 34.9 Å². The maximum Gasteiger partial charge on any atom is 0.251 e. The van der Waals surface area contributed by atoms with E-state index in [2.05, 4.69) is 46.7 Å². The molecule has 1 amide bonds. The summed E-state index contributed by atoms with van der Waals surface area (Å²) in [4.78, 5) is 20.5. The third-order valence-corrected chi connectivity index (χ3v) is 4.34. The van der Waals surface area contributed by atoms with Crippen LogP contribution in [0, 0.1) is 0 Å². The number of ether oxygens (including phenoxy) is 1. The lowest BCUT2D eigenvalue weighted by molar-refractivity contribution is -0.119. The van der Waals surface area contributed by atoms with Gasteiger partial charge in [0.05, 0.1) is 5.69 Å². The average molecular weight is 383 g/mol. The Morgan fingerprint density at radius 2 is 1.93 bits per heavy atom. The van der Waals surface area contributed by atoms with Gasteiger partial charge in [-0.15, -0.1) is 0 Å². The molecule has 6 nitrogen and oxygen atoms in total. The molecule has 2 aromatic heterocycles. The molecule has 3 heterocycles. The van der Waals surface area contributed by atoms with Crippen LogP contribution in [0.5, 0.6) is 0 Å². The summed E-state index contributed by atoms with van der Waals surface area (Å²) in [7, 11) is 1.48. The Bertz CT molecular complexity index is 874. The molecule has 1 aliphatic heterocycles. The van der Waals surface area contributed by atoms with E-state index in [1.807, 2.05) is 32.2 Å². The van der Waals surface area contributed by atoms with Gasteiger partial charge in [-0.05, 0) is 31.1 Å². The van der Waals surface area contributed by atoms with E-state index in [1.165, 1.54) is 12.7 Å². The standard InChI is InChI=1S/C20H24N4O2.C2H6/c1-4-5-16-6-13(2)17(11-21-16)18-7-14-10-23-19(8-15(14)9-22-18)24-20(25)12-26-3;1-2/h6-11,16,21H,4-5,12H2,1-3H3,(H,23,24,25);1-2H3. The quantitative estimate of drug-likeness (QED) is 0.779. The maximum absolute atomic E-state index is 11.6. The smallest absolute Gasteiger partial charge is 0.251 e. The van der Waals surface area contributed by atoms with E-state index < -0.39 is 0 Å². The van der Waals surface area contributed by atoms with Gasteiger partial charge in [0.15, 0.2) is 0 Å². The number of rotatable bonds is 6. The van der Waals surface area contributed by atoms with Gasteiger partial charge in [-0.25, -0.2) is 4.98 Å². The summed E-state index contributed by atoms with van der Waals surface area (Å²) in [6, 6.07) is 4.23. The van der Waals surface area contributed by atoms with Gasteiger partial charge in [0.2, 0.25) is 0 Å². The van der Waals surface area contributed by atoms with Crippen molar-refractivity contribution in [3.05, 3.63) is 48.1 Å². The number of carbonyl (C=O) groups is 1. The Balaban J connectivity index is 0.00000136. The predicted molar refractivity (Wildman–Crippen MR) is 115 cm³/mol. The fraction of sp³-hybridized carbons (Fsp3) is 0.409. The molecule has 0 aliphatic carbocycles. The van der Waals surface area contributed by atoms with Gasteiger partial charge in [-0.3, -0.25) is 9.78 Å². The first kappa shape index (κ1) is 21.6. The van der Waals surface area contributed by atoms with Crippen molar-refractivity contribution in [3.8, 4) is 0 Å². The second kappa shape index (κ2) is 10.6. The molecule has 0 aromatic carbocycles. The van der Waals surface area contributed by atoms with E-state index in [4.69, 9.17) is 4.74 Å². The van der Waals surface area contributed by atoms with Gasteiger partial charge in [0.1, 0.15) is 12.4 Å². The molecule has 0 saturated carbocycles. The third kappa shape index (κ3) is 5.39. The number of allylic oxidation sites excluding steroid dienone is 2. The van der Waals surface area contributed by atoms with Gasteiger partial charge in [-0.1, -0.05) is 33.3 Å². The van der Waals surface area contributed by atoms with Crippen molar-refractivity contribution < 1.29 is 9.53 Å². The molecule has 0 saturated heterocycles. The fourth-order valence-corrected chi connectivity index (χ4v) is 3.06. The van der Waals surface area contributed by atoms with Crippen LogP contribution in [-0.2, 0) is 9.53 Å². The van der Waals surface area contributed by atoms with Gasteiger partial charge >= 0.3 is 0 Å². The van der Waals surface area contributed by atoms with Crippen LogP contribution in [0.4, 0.5) is 5.82 Å². The van der Waals surface area contributed by atoms with Crippen molar-refractivity contribution in [2.75, 3.05) is 19.0 Å². The second-order valence-electron chi connectivity index (χ2n) is 6.44. The zero-order valence-electron chi connectivity index (χ0n) is 17.4. The number of nitrogens with zero attached hydrogens (tertiary/aromatic N) is 2. The molecular formula is C22H30N4O2. The summed E-state index contributed by atoms with van der Waals surface area (Å²) in [5.74, 6) is 0.260. The Labute approximate surface area is 167 Å². The third-order valence-electron chi connectivity index (χ3n) is 4.34. The molecule has 0 radical (unpaired) electrons. The molecule has 2 N–H and O–H groups in total. The predicted octanol–water partition coefficient (Wildman–Crippen LogP) is 4.30. The molecule has 0 fully saturated rings. The summed E-state index contributed by atoms with van der Waals surface area (Å²) >= 11 is 0. The molecular weight excluding hydrogens is 352 g/mol. The molecule has 2 aromatic rings. The maximum atomic E-state index is 11.6. The van der Waals surface area contributed by atoms with Crippen molar-refractivity contribution in [1.82, 2.24) is 15.3 Å². The minimum atomic E-state index is -0.232. The van der Waals surface area contributed by atoms with Crippen LogP contribution in [0.2, 0.25) is 0 Å². The molecule has 6 heteroatoms. The summed E-state index contributed by atoms with van der Waals surface area (Å²) in [5.41, 5.74) is 3.23. The van der Waals surface area contributed by atoms with Crippen molar-refractivity contribution in [2.45, 2.75) is 46.6 Å². The summed E-state index contributed by atoms with van der Waals surface area (Å²) in [5, 5.41) is 8.04. The van der Waals surface area contributed by atoms with Gasteiger partial charge in [-0.2, -0.15) is 0 Å². The number of hydrogen-bond acceptors (Lipinski definition) is 5. The first-order valence-corrected chi connectivity index (χ1v) is 9.80. The highest BCUT2D eigenvalue weighted by atomic mass is 16.5. The average Bonchev–Trinajstić information content (AvgIpc) is 2.70. The second-order valence-corrected chi connectivity index (χ2v) is 6.44. The van der Waals surface area contributed by atoms with E-state index in [-0.39, 0.29) is 12.5 Å². The highest BCUT2D eigenvalue weighted by Gasteiger charge is 2.14. The molecule has 1 aliphatic rings. The number of fused-ring (bicyclic) bond motifs is 1. The molecule has 0 spiro atoms. The lowest BCUT2D eigenvalue weighted by Crippen LogP contribution is -2.25. The number of amides is 1. The first-order chi connectivity index (χ1) is 13.6. The van der Waals surface area contributed by atoms with Crippen LogP contribution in [0.3, 0.4) is 0 Å². The number of nitrogens with one attached hydrogen (secondary N) is 2. The Morgan fingerprint density at radius 3 is 2.61 bits per heavy atom. The van der Waals surface area contributed by atoms with Gasteiger partial charge in [0, 0.05) is 48.1 Å². The number of carbonyl (C=O) groups excluding carboxylic acids is 1. The normalized spacial score (nSPS) is 15.7. The van der Waals surface area contributed by atoms with Crippen LogP contribution in [0.15, 0.2) is 42.4 Å². The lowest BCUT2D eigenvalue weighted by Gasteiger charge is -2.21. The molecule has 0 bridgehead atoms. The van der Waals surface area contributed by atoms with Crippen LogP contribution in [0.25, 0.3) is 16.3 Å². The van der Waals surface area contributed by atoms with E-state index in [0.29, 0.717) is 11.9 Å². The number of anilines is 1. The van der Waals surface area contributed by atoms with E-state index in [1.54, 1.807) is 6.20 Å². The van der Waals surface area contributed by atoms with Crippen LogP contribution in [-0.4, -0.2) is 35.6 Å². The highest BCUT2D eigenvalue weighted by molar-refractivity contribution is 5.94. The number of aromatic nitrogens is 2. The Hall–Kier alpha value is -2.73. The summed E-state index contributed by atoms with van der Waals surface area (Å²) in [6.45, 7) is 8.31. The fourth-order valence-electron chi connectivity index (χ4n) is 3.06. The first-order valence-electron chi connectivity index (χ1n) is 9.80. The van der Waals surface area contributed by atoms with Crippen LogP contribution < -0.4 is 10.6 Å². The largest absolute Gasteiger partial charge is 0.384 e. The molecule has 1 atom stereocenters. The number of hydrogen-bond donors (Lipinski definition) is 2. The van der Waals surface area contributed by atoms with Crippen LogP contribution in [0.1, 0.15) is 46.2 Å². The van der Waals surface area contributed by atoms with Crippen LogP contribution >= 0.6 is 0 Å². The molecule has 150 valence electrons. The van der Waals surface area contributed by atoms with Gasteiger partial charge < -0.3 is 15.4 Å². The van der Waals surface area contributed by atoms with Crippen molar-refractivity contribution >= 4 is 28.1 Å². The van der Waals surface area contributed by atoms with E-state index in [9.17, 15) is 4.79 Å². The minimum absolute atomic E-state index is 0.00268. The Morgan fingerprint density at radius 1 is 1.21 bits per heavy atom. The number of dihydropyridines is 1. The molecule has 1 unspecified atom stereocenters. The van der Waals surface area contributed by atoms with Crippen molar-refractivity contribution in [2.24, 2.45) is 0 Å². The number of methoxy groups -OCH3 is 1. The Kier molecular flexibility index (Phi) is 8.14. The summed E-state index contributed by atoms with van der Waals surface area (Å²) < 4.78 is 4.81. The zero-order valence-corrected chi connectivity index (χ0v) is 17.4.